The van der Waals surface area contributed by atoms with Crippen molar-refractivity contribution in [3.63, 3.8) is 0 Å². The molecule has 4 aliphatic rings. The number of carbonyl (C=O) groups is 1. The molecule has 1 N–H and O–H groups in total. The van der Waals surface area contributed by atoms with Gasteiger partial charge in [-0.1, -0.05) is 11.3 Å². The quantitative estimate of drug-likeness (QED) is 0.713. The van der Waals surface area contributed by atoms with E-state index in [1.165, 1.54) is 44.9 Å². The molecular weight excluding hydrogens is 386 g/mol. The van der Waals surface area contributed by atoms with E-state index in [-0.39, 0.29) is 11.3 Å². The first-order chi connectivity index (χ1) is 14.2. The predicted octanol–water partition coefficient (Wildman–Crippen LogP) is 3.23. The van der Waals surface area contributed by atoms with Crippen LogP contribution in [0.4, 0.5) is 5.13 Å². The predicted molar refractivity (Wildman–Crippen MR) is 107 cm³/mol. The van der Waals surface area contributed by atoms with Gasteiger partial charge in [-0.05, 0) is 91.0 Å². The van der Waals surface area contributed by atoms with E-state index in [9.17, 15) is 4.79 Å². The number of nitrogens with zero attached hydrogens (tertiary/aromatic N) is 6. The molecule has 148 valence electrons. The number of benzene rings is 1. The first-order valence-corrected chi connectivity index (χ1v) is 11.0. The smallest absolute Gasteiger partial charge is 0.257 e. The summed E-state index contributed by atoms with van der Waals surface area (Å²) in [7, 11) is 0. The molecule has 29 heavy (non-hydrogen) atoms. The second-order valence-corrected chi connectivity index (χ2v) is 9.84. The molecule has 4 aliphatic carbocycles. The fourth-order valence-electron chi connectivity index (χ4n) is 6.08. The Morgan fingerprint density at radius 3 is 2.34 bits per heavy atom. The molecule has 9 heteroatoms. The molecule has 8 nitrogen and oxygen atoms in total. The highest BCUT2D eigenvalue weighted by Gasteiger charge is 2.53. The van der Waals surface area contributed by atoms with Gasteiger partial charge in [0.25, 0.3) is 5.91 Å². The van der Waals surface area contributed by atoms with Crippen LogP contribution in [0.3, 0.4) is 0 Å². The maximum absolute atomic E-state index is 12.6. The van der Waals surface area contributed by atoms with Gasteiger partial charge in [0, 0.05) is 11.0 Å². The zero-order chi connectivity index (χ0) is 19.4. The fraction of sp³-hybridized carbons (Fsp3) is 0.500. The largest absolute Gasteiger partial charge is 0.296 e. The molecule has 4 saturated carbocycles. The number of amides is 1. The van der Waals surface area contributed by atoms with Crippen molar-refractivity contribution in [3.8, 4) is 5.69 Å². The average molecular weight is 408 g/mol. The van der Waals surface area contributed by atoms with Crippen LogP contribution in [0.5, 0.6) is 0 Å². The molecule has 0 aliphatic heterocycles. The molecule has 4 bridgehead atoms. The molecule has 3 aromatic rings. The third-order valence-corrected chi connectivity index (χ3v) is 7.97. The molecule has 2 aromatic heterocycles. The molecule has 0 unspecified atom stereocenters. The summed E-state index contributed by atoms with van der Waals surface area (Å²) in [6.07, 6.45) is 9.48. The average Bonchev–Trinajstić information content (AvgIpc) is 3.40. The Morgan fingerprint density at radius 1 is 1.03 bits per heavy atom. The van der Waals surface area contributed by atoms with Gasteiger partial charge in [-0.15, -0.1) is 15.3 Å². The summed E-state index contributed by atoms with van der Waals surface area (Å²) < 4.78 is 1.55. The van der Waals surface area contributed by atoms with Crippen LogP contribution >= 0.6 is 11.3 Å². The van der Waals surface area contributed by atoms with E-state index < -0.39 is 0 Å². The van der Waals surface area contributed by atoms with Crippen molar-refractivity contribution in [2.45, 2.75) is 43.9 Å². The molecular formula is C20H21N7OS. The summed E-state index contributed by atoms with van der Waals surface area (Å²) in [5.74, 6) is 2.41. The third kappa shape index (κ3) is 2.95. The van der Waals surface area contributed by atoms with E-state index in [0.29, 0.717) is 10.7 Å². The van der Waals surface area contributed by atoms with Crippen molar-refractivity contribution in [2.24, 2.45) is 17.8 Å². The molecule has 2 heterocycles. The van der Waals surface area contributed by atoms with E-state index >= 15 is 0 Å². The van der Waals surface area contributed by atoms with Gasteiger partial charge in [-0.25, -0.2) is 4.68 Å². The number of nitrogens with one attached hydrogen (secondary N) is 1. The Kier molecular flexibility index (Phi) is 3.80. The fourth-order valence-corrected chi connectivity index (χ4v) is 7.03. The minimum Gasteiger partial charge on any atom is -0.296 e. The van der Waals surface area contributed by atoms with Crippen LogP contribution in [-0.4, -0.2) is 36.3 Å². The highest BCUT2D eigenvalue weighted by molar-refractivity contribution is 7.15. The van der Waals surface area contributed by atoms with Crippen LogP contribution in [0.2, 0.25) is 0 Å². The lowest BCUT2D eigenvalue weighted by Gasteiger charge is -2.55. The molecule has 0 spiro atoms. The molecule has 1 aromatic carbocycles. The van der Waals surface area contributed by atoms with Gasteiger partial charge in [0.15, 0.2) is 0 Å². The first kappa shape index (κ1) is 17.2. The first-order valence-electron chi connectivity index (χ1n) is 10.2. The number of hydrogen-bond donors (Lipinski definition) is 1. The normalized spacial score (nSPS) is 29.9. The van der Waals surface area contributed by atoms with Crippen molar-refractivity contribution in [3.05, 3.63) is 41.2 Å². The monoisotopic (exact) mass is 407 g/mol. The Morgan fingerprint density at radius 2 is 1.72 bits per heavy atom. The minimum absolute atomic E-state index is 0.179. The maximum atomic E-state index is 12.6. The molecule has 1 amide bonds. The molecule has 7 rings (SSSR count). The van der Waals surface area contributed by atoms with Crippen molar-refractivity contribution >= 4 is 22.4 Å². The summed E-state index contributed by atoms with van der Waals surface area (Å²) in [5, 5.41) is 24.6. The highest BCUT2D eigenvalue weighted by atomic mass is 32.1. The molecule has 0 saturated heterocycles. The van der Waals surface area contributed by atoms with Gasteiger partial charge in [0.2, 0.25) is 5.13 Å². The van der Waals surface area contributed by atoms with Crippen LogP contribution in [0, 0.1) is 17.8 Å². The number of hydrogen-bond acceptors (Lipinski definition) is 7. The van der Waals surface area contributed by atoms with Crippen molar-refractivity contribution in [1.29, 1.82) is 0 Å². The van der Waals surface area contributed by atoms with Gasteiger partial charge in [-0.3, -0.25) is 10.1 Å². The second-order valence-electron chi connectivity index (χ2n) is 8.87. The van der Waals surface area contributed by atoms with Crippen molar-refractivity contribution in [1.82, 2.24) is 30.4 Å². The van der Waals surface area contributed by atoms with E-state index in [2.05, 4.69) is 31.0 Å². The van der Waals surface area contributed by atoms with E-state index in [4.69, 9.17) is 0 Å². The molecule has 0 radical (unpaired) electrons. The standard InChI is InChI=1S/C20H21N7OS/c28-17(15-1-3-16(4-2-15)27-11-21-25-26-27)22-19-24-23-18(29-19)20-8-12-5-13(9-20)7-14(6-12)10-20/h1-4,11-14H,5-10H2,(H,22,24,28). The van der Waals surface area contributed by atoms with Gasteiger partial charge in [0.05, 0.1) is 5.69 Å². The topological polar surface area (TPSA) is 98.5 Å². The number of tetrazole rings is 1. The summed E-state index contributed by atoms with van der Waals surface area (Å²) in [5.41, 5.74) is 1.57. The number of carbonyl (C=O) groups excluding carboxylic acids is 1. The Hall–Kier alpha value is -2.68. The Bertz CT molecular complexity index is 1010. The lowest BCUT2D eigenvalue weighted by molar-refractivity contribution is -0.00555. The summed E-state index contributed by atoms with van der Waals surface area (Å²) in [6, 6.07) is 7.14. The Balaban J connectivity index is 1.18. The van der Waals surface area contributed by atoms with Crippen LogP contribution in [0.25, 0.3) is 5.69 Å². The second kappa shape index (κ2) is 6.41. The maximum Gasteiger partial charge on any atom is 0.257 e. The highest BCUT2D eigenvalue weighted by Crippen LogP contribution is 2.61. The van der Waals surface area contributed by atoms with Crippen molar-refractivity contribution < 1.29 is 4.79 Å². The molecule has 0 atom stereocenters. The third-order valence-electron chi connectivity index (χ3n) is 6.88. The summed E-state index contributed by atoms with van der Waals surface area (Å²) in [4.78, 5) is 12.6. The van der Waals surface area contributed by atoms with E-state index in [1.54, 1.807) is 28.2 Å². The number of aromatic nitrogens is 6. The van der Waals surface area contributed by atoms with E-state index in [1.807, 2.05) is 12.1 Å². The lowest BCUT2D eigenvalue weighted by atomic mass is 9.50. The molecule has 4 fully saturated rings. The van der Waals surface area contributed by atoms with Crippen molar-refractivity contribution in [2.75, 3.05) is 5.32 Å². The van der Waals surface area contributed by atoms with Crippen LogP contribution < -0.4 is 5.32 Å². The number of rotatable bonds is 4. The zero-order valence-corrected chi connectivity index (χ0v) is 16.7. The summed E-state index contributed by atoms with van der Waals surface area (Å²) in [6.45, 7) is 0. The van der Waals surface area contributed by atoms with Gasteiger partial charge >= 0.3 is 0 Å². The zero-order valence-electron chi connectivity index (χ0n) is 15.9. The SMILES string of the molecule is O=C(Nc1nnc(C23CC4CC(CC(C4)C2)C3)s1)c1ccc(-n2cnnn2)cc1. The van der Waals surface area contributed by atoms with Crippen LogP contribution in [0.15, 0.2) is 30.6 Å². The van der Waals surface area contributed by atoms with Gasteiger partial charge in [0.1, 0.15) is 11.3 Å². The minimum atomic E-state index is -0.179. The lowest BCUT2D eigenvalue weighted by Crippen LogP contribution is -2.48. The van der Waals surface area contributed by atoms with E-state index in [0.717, 1.165) is 28.4 Å². The number of anilines is 1. The summed E-state index contributed by atoms with van der Waals surface area (Å²) >= 11 is 1.56. The van der Waals surface area contributed by atoms with Crippen LogP contribution in [0.1, 0.15) is 53.9 Å². The Labute approximate surface area is 171 Å². The van der Waals surface area contributed by atoms with Crippen LogP contribution in [-0.2, 0) is 5.41 Å². The van der Waals surface area contributed by atoms with Gasteiger partial charge in [-0.2, -0.15) is 0 Å². The van der Waals surface area contributed by atoms with Gasteiger partial charge < -0.3 is 0 Å².